The van der Waals surface area contributed by atoms with Crippen LogP contribution in [0.5, 0.6) is 0 Å². The van der Waals surface area contributed by atoms with Gasteiger partial charge in [0, 0.05) is 13.1 Å². The van der Waals surface area contributed by atoms with Crippen molar-refractivity contribution in [3.05, 3.63) is 11.8 Å². The topological polar surface area (TPSA) is 82.2 Å². The van der Waals surface area contributed by atoms with Gasteiger partial charge in [0.25, 0.3) is 5.91 Å². The fourth-order valence-electron chi connectivity index (χ4n) is 1.27. The lowest BCUT2D eigenvalue weighted by Gasteiger charge is -2.17. The molecule has 0 fully saturated rings. The lowest BCUT2D eigenvalue weighted by Crippen LogP contribution is -2.37. The van der Waals surface area contributed by atoms with Gasteiger partial charge in [-0.15, -0.1) is 0 Å². The van der Waals surface area contributed by atoms with Crippen molar-refractivity contribution >= 4 is 11.6 Å². The van der Waals surface area contributed by atoms with Gasteiger partial charge in [-0.3, -0.25) is 10.2 Å². The molecule has 0 aliphatic carbocycles. The van der Waals surface area contributed by atoms with Crippen LogP contribution < -0.4 is 11.1 Å². The van der Waals surface area contributed by atoms with Gasteiger partial charge >= 0.3 is 6.18 Å². The van der Waals surface area contributed by atoms with Crippen LogP contribution >= 0.6 is 0 Å². The second-order valence-electron chi connectivity index (χ2n) is 3.79. The molecule has 0 rings (SSSR count). The Morgan fingerprint density at radius 3 is 2.32 bits per heavy atom. The summed E-state index contributed by atoms with van der Waals surface area (Å²) in [6.07, 6.45) is -4.49. The summed E-state index contributed by atoms with van der Waals surface area (Å²) in [5.41, 5.74) is 2.92. The van der Waals surface area contributed by atoms with E-state index < -0.39 is 23.5 Å². The van der Waals surface area contributed by atoms with Gasteiger partial charge in [0.05, 0.1) is 5.70 Å². The van der Waals surface area contributed by atoms with Crippen molar-refractivity contribution in [3.8, 4) is 0 Å². The van der Waals surface area contributed by atoms with Crippen molar-refractivity contribution in [2.45, 2.75) is 20.0 Å². The Kier molecular flexibility index (Phi) is 7.13. The van der Waals surface area contributed by atoms with Crippen LogP contribution in [0.1, 0.15) is 13.8 Å². The summed E-state index contributed by atoms with van der Waals surface area (Å²) >= 11 is 0. The maximum atomic E-state index is 12.1. The van der Waals surface area contributed by atoms with E-state index in [0.717, 1.165) is 13.1 Å². The van der Waals surface area contributed by atoms with Crippen molar-refractivity contribution in [1.29, 1.82) is 5.41 Å². The monoisotopic (exact) mass is 280 g/mol. The molecule has 4 N–H and O–H groups in total. The Morgan fingerprint density at radius 1 is 1.37 bits per heavy atom. The Morgan fingerprint density at radius 2 is 1.89 bits per heavy atom. The number of alkyl halides is 3. The minimum absolute atomic E-state index is 0.286. The van der Waals surface area contributed by atoms with E-state index >= 15 is 0 Å². The van der Waals surface area contributed by atoms with Gasteiger partial charge in [0.1, 0.15) is 5.71 Å². The first-order valence-electron chi connectivity index (χ1n) is 5.85. The molecule has 0 aromatic rings. The van der Waals surface area contributed by atoms with Crippen LogP contribution in [0.25, 0.3) is 0 Å². The summed E-state index contributed by atoms with van der Waals surface area (Å²) in [5, 5.41) is 9.10. The van der Waals surface area contributed by atoms with Crippen LogP contribution in [0.2, 0.25) is 0 Å². The van der Waals surface area contributed by atoms with Gasteiger partial charge in [-0.25, -0.2) is 0 Å². The Balaban J connectivity index is 4.29. The summed E-state index contributed by atoms with van der Waals surface area (Å²) in [6, 6.07) is 0. The highest BCUT2D eigenvalue weighted by Gasteiger charge is 2.33. The Labute approximate surface area is 110 Å². The predicted molar refractivity (Wildman–Crippen MR) is 66.8 cm³/mol. The summed E-state index contributed by atoms with van der Waals surface area (Å²) in [5.74, 6) is -0.804. The highest BCUT2D eigenvalue weighted by Crippen LogP contribution is 2.17. The number of carbonyl (C=O) groups excluding carboxylic acids is 1. The average molecular weight is 280 g/mol. The fourth-order valence-corrected chi connectivity index (χ4v) is 1.27. The lowest BCUT2D eigenvalue weighted by atomic mass is 10.2. The molecule has 0 unspecified atom stereocenters. The van der Waals surface area contributed by atoms with Gasteiger partial charge in [-0.2, -0.15) is 13.2 Å². The van der Waals surface area contributed by atoms with Gasteiger partial charge in [0.15, 0.2) is 0 Å². The maximum absolute atomic E-state index is 12.1. The number of hydrogen-bond acceptors (Lipinski definition) is 4. The molecule has 110 valence electrons. The zero-order valence-electron chi connectivity index (χ0n) is 11.0. The molecule has 0 aromatic heterocycles. The number of hydrogen-bond donors (Lipinski definition) is 3. The summed E-state index contributed by atoms with van der Waals surface area (Å²) in [6.45, 7) is 6.43. The molecule has 0 saturated heterocycles. The van der Waals surface area contributed by atoms with E-state index in [1.54, 1.807) is 0 Å². The minimum atomic E-state index is -4.80. The Bertz CT molecular complexity index is 348. The third kappa shape index (κ3) is 6.80. The summed E-state index contributed by atoms with van der Waals surface area (Å²) in [4.78, 5) is 13.4. The van der Waals surface area contributed by atoms with Crippen molar-refractivity contribution < 1.29 is 18.0 Å². The predicted octanol–water partition coefficient (Wildman–Crippen LogP) is 0.869. The first-order valence-corrected chi connectivity index (χ1v) is 5.85. The molecule has 0 bridgehead atoms. The fraction of sp³-hybridized carbons (Fsp3) is 0.636. The second kappa shape index (κ2) is 7.78. The van der Waals surface area contributed by atoms with Gasteiger partial charge in [0.2, 0.25) is 0 Å². The van der Waals surface area contributed by atoms with Crippen molar-refractivity contribution in [3.63, 3.8) is 0 Å². The number of rotatable bonds is 7. The third-order valence-corrected chi connectivity index (χ3v) is 2.48. The summed E-state index contributed by atoms with van der Waals surface area (Å²) in [7, 11) is 0. The first kappa shape index (κ1) is 17.4. The molecular formula is C11H19F3N4O. The molecule has 8 heteroatoms. The van der Waals surface area contributed by atoms with E-state index in [1.165, 1.54) is 0 Å². The second-order valence-corrected chi connectivity index (χ2v) is 3.79. The van der Waals surface area contributed by atoms with E-state index in [1.807, 2.05) is 18.7 Å². The SMILES string of the molecule is CCN(CC)CCNC(=O)/C(N)=C/C(=N)C(F)(F)F. The summed E-state index contributed by atoms with van der Waals surface area (Å²) < 4.78 is 36.2. The molecular weight excluding hydrogens is 261 g/mol. The number of likely N-dealkylation sites (N-methyl/N-ethyl adjacent to an activating group) is 1. The number of carbonyl (C=O) groups is 1. The van der Waals surface area contributed by atoms with Crippen molar-refractivity contribution in [1.82, 2.24) is 10.2 Å². The molecule has 19 heavy (non-hydrogen) atoms. The number of nitrogens with two attached hydrogens (primary N) is 1. The number of allylic oxidation sites excluding steroid dienone is 1. The number of halogens is 3. The number of amides is 1. The average Bonchev–Trinajstić information content (AvgIpc) is 2.33. The normalized spacial score (nSPS) is 12.6. The van der Waals surface area contributed by atoms with Gasteiger partial charge < -0.3 is 16.0 Å². The highest BCUT2D eigenvalue weighted by molar-refractivity contribution is 6.04. The smallest absolute Gasteiger partial charge is 0.394 e. The number of nitrogens with one attached hydrogen (secondary N) is 2. The van der Waals surface area contributed by atoms with Crippen molar-refractivity contribution in [2.24, 2.45) is 5.73 Å². The van der Waals surface area contributed by atoms with Crippen LogP contribution in [0.15, 0.2) is 11.8 Å². The molecule has 0 radical (unpaired) electrons. The zero-order valence-corrected chi connectivity index (χ0v) is 11.0. The molecule has 0 atom stereocenters. The van der Waals surface area contributed by atoms with E-state index in [0.29, 0.717) is 12.6 Å². The molecule has 0 aromatic carbocycles. The molecule has 5 nitrogen and oxygen atoms in total. The van der Waals surface area contributed by atoms with Gasteiger partial charge in [-0.05, 0) is 19.2 Å². The molecule has 0 heterocycles. The largest absolute Gasteiger partial charge is 0.432 e. The molecule has 0 aliphatic rings. The lowest BCUT2D eigenvalue weighted by molar-refractivity contribution is -0.117. The number of nitrogens with zero attached hydrogens (tertiary/aromatic N) is 1. The first-order chi connectivity index (χ1) is 8.72. The molecule has 0 spiro atoms. The minimum Gasteiger partial charge on any atom is -0.394 e. The van der Waals surface area contributed by atoms with E-state index in [9.17, 15) is 18.0 Å². The van der Waals surface area contributed by atoms with Crippen LogP contribution in [0.3, 0.4) is 0 Å². The van der Waals surface area contributed by atoms with Crippen LogP contribution in [-0.4, -0.2) is 48.9 Å². The van der Waals surface area contributed by atoms with E-state index in [4.69, 9.17) is 11.1 Å². The quantitative estimate of drug-likeness (QED) is 0.478. The van der Waals surface area contributed by atoms with Crippen molar-refractivity contribution in [2.75, 3.05) is 26.2 Å². The van der Waals surface area contributed by atoms with Crippen LogP contribution in [0.4, 0.5) is 13.2 Å². The molecule has 1 amide bonds. The molecule has 0 saturated carbocycles. The standard InChI is InChI=1S/C11H19F3N4O/c1-3-18(4-2)6-5-17-10(19)8(15)7-9(16)11(12,13)14/h7,16H,3-6,15H2,1-2H3,(H,17,19)/b8-7-,16-9?. The van der Waals surface area contributed by atoms with Crippen LogP contribution in [0, 0.1) is 5.41 Å². The maximum Gasteiger partial charge on any atom is 0.432 e. The molecule has 0 aliphatic heterocycles. The van der Waals surface area contributed by atoms with E-state index in [2.05, 4.69) is 5.32 Å². The van der Waals surface area contributed by atoms with Gasteiger partial charge in [-0.1, -0.05) is 13.8 Å². The van der Waals surface area contributed by atoms with Crippen LogP contribution in [-0.2, 0) is 4.79 Å². The third-order valence-electron chi connectivity index (χ3n) is 2.48. The zero-order chi connectivity index (χ0) is 15.1. The Hall–Kier alpha value is -1.57. The highest BCUT2D eigenvalue weighted by atomic mass is 19.4. The van der Waals surface area contributed by atoms with E-state index in [-0.39, 0.29) is 6.54 Å².